The highest BCUT2D eigenvalue weighted by atomic mass is 79.9. The summed E-state index contributed by atoms with van der Waals surface area (Å²) in [5.74, 6) is 0. The van der Waals surface area contributed by atoms with Gasteiger partial charge in [0.15, 0.2) is 5.13 Å². The number of benzene rings is 1. The number of halogens is 2. The number of aromatic nitrogens is 1. The molecule has 1 aromatic carbocycles. The highest BCUT2D eigenvalue weighted by Gasteiger charge is 2.35. The van der Waals surface area contributed by atoms with Crippen molar-refractivity contribution < 1.29 is 9.53 Å². The van der Waals surface area contributed by atoms with Crippen LogP contribution in [0.1, 0.15) is 13.3 Å². The second-order valence-electron chi connectivity index (χ2n) is 4.63. The average molecular weight is 388 g/mol. The molecular formula is C14H12BrClN2O2S. The number of nitrogens with zero attached hydrogens (tertiary/aromatic N) is 2. The Morgan fingerprint density at radius 3 is 2.86 bits per heavy atom. The predicted octanol–water partition coefficient (Wildman–Crippen LogP) is 4.96. The summed E-state index contributed by atoms with van der Waals surface area (Å²) in [6.07, 6.45) is 0.464. The molecule has 1 aliphatic heterocycles. The van der Waals surface area contributed by atoms with Crippen molar-refractivity contribution in [3.05, 3.63) is 33.1 Å². The second-order valence-corrected chi connectivity index (χ2v) is 7.13. The largest absolute Gasteiger partial charge is 0.447 e. The van der Waals surface area contributed by atoms with E-state index in [1.54, 1.807) is 4.90 Å². The Bertz CT molecular complexity index is 674. The maximum Gasteiger partial charge on any atom is 0.416 e. The van der Waals surface area contributed by atoms with E-state index in [-0.39, 0.29) is 12.1 Å². The van der Waals surface area contributed by atoms with Crippen LogP contribution in [-0.2, 0) is 4.74 Å². The monoisotopic (exact) mass is 386 g/mol. The number of hydrogen-bond donors (Lipinski definition) is 0. The van der Waals surface area contributed by atoms with Gasteiger partial charge in [0.05, 0.1) is 6.04 Å². The SMILES string of the molecule is CCC1COC(=O)N1c1nc(-c2ccc(Br)cc2)c(Cl)s1. The smallest absolute Gasteiger partial charge is 0.416 e. The fraction of sp³-hybridized carbons (Fsp3) is 0.286. The maximum atomic E-state index is 11.9. The first kappa shape index (κ1) is 14.8. The van der Waals surface area contributed by atoms with Crippen LogP contribution in [0.5, 0.6) is 0 Å². The zero-order valence-corrected chi connectivity index (χ0v) is 14.3. The van der Waals surface area contributed by atoms with Crippen molar-refractivity contribution in [2.45, 2.75) is 19.4 Å². The molecule has 2 heterocycles. The maximum absolute atomic E-state index is 11.9. The Balaban J connectivity index is 1.97. The lowest BCUT2D eigenvalue weighted by atomic mass is 10.2. The Morgan fingerprint density at radius 1 is 1.48 bits per heavy atom. The fourth-order valence-electron chi connectivity index (χ4n) is 2.18. The lowest BCUT2D eigenvalue weighted by Crippen LogP contribution is -2.32. The molecule has 0 bridgehead atoms. The molecule has 1 unspecified atom stereocenters. The van der Waals surface area contributed by atoms with Crippen molar-refractivity contribution in [2.24, 2.45) is 0 Å². The molecule has 1 amide bonds. The zero-order chi connectivity index (χ0) is 15.0. The van der Waals surface area contributed by atoms with Gasteiger partial charge >= 0.3 is 6.09 Å². The van der Waals surface area contributed by atoms with Gasteiger partial charge in [-0.2, -0.15) is 0 Å². The Labute approximate surface area is 139 Å². The van der Waals surface area contributed by atoms with E-state index in [0.717, 1.165) is 16.5 Å². The van der Waals surface area contributed by atoms with E-state index < -0.39 is 0 Å². The molecule has 1 aliphatic rings. The number of amides is 1. The third-order valence-electron chi connectivity index (χ3n) is 3.33. The Morgan fingerprint density at radius 2 is 2.19 bits per heavy atom. The summed E-state index contributed by atoms with van der Waals surface area (Å²) in [5, 5.41) is 0.590. The molecule has 3 rings (SSSR count). The van der Waals surface area contributed by atoms with E-state index >= 15 is 0 Å². The van der Waals surface area contributed by atoms with Gasteiger partial charge in [-0.15, -0.1) is 0 Å². The standard InChI is InChI=1S/C14H12BrClN2O2S/c1-2-10-7-20-14(19)18(10)13-17-11(12(16)21-13)8-3-5-9(15)6-4-8/h3-6,10H,2,7H2,1H3. The zero-order valence-electron chi connectivity index (χ0n) is 11.2. The molecular weight excluding hydrogens is 376 g/mol. The number of rotatable bonds is 3. The number of ether oxygens (including phenoxy) is 1. The van der Waals surface area contributed by atoms with Crippen molar-refractivity contribution in [1.29, 1.82) is 0 Å². The molecule has 0 spiro atoms. The molecule has 0 N–H and O–H groups in total. The van der Waals surface area contributed by atoms with Gasteiger partial charge in [-0.05, 0) is 18.6 Å². The topological polar surface area (TPSA) is 42.4 Å². The molecule has 1 aromatic heterocycles. The molecule has 4 nitrogen and oxygen atoms in total. The van der Waals surface area contributed by atoms with Crippen LogP contribution in [0.25, 0.3) is 11.3 Å². The number of cyclic esters (lactones) is 1. The van der Waals surface area contributed by atoms with Crippen LogP contribution in [0, 0.1) is 0 Å². The summed E-state index contributed by atoms with van der Waals surface area (Å²) < 4.78 is 6.66. The minimum atomic E-state index is -0.352. The molecule has 21 heavy (non-hydrogen) atoms. The quantitative estimate of drug-likeness (QED) is 0.747. The van der Waals surface area contributed by atoms with E-state index in [9.17, 15) is 4.79 Å². The number of thiazole rings is 1. The van der Waals surface area contributed by atoms with Gasteiger partial charge in [0.1, 0.15) is 16.6 Å². The molecule has 0 aliphatic carbocycles. The van der Waals surface area contributed by atoms with Crippen LogP contribution in [0.2, 0.25) is 4.34 Å². The molecule has 7 heteroatoms. The molecule has 0 radical (unpaired) electrons. The molecule has 1 saturated heterocycles. The van der Waals surface area contributed by atoms with Gasteiger partial charge < -0.3 is 4.74 Å². The third kappa shape index (κ3) is 2.80. The van der Waals surface area contributed by atoms with Crippen LogP contribution < -0.4 is 4.90 Å². The van der Waals surface area contributed by atoms with Crippen LogP contribution in [-0.4, -0.2) is 23.7 Å². The second kappa shape index (κ2) is 5.94. The minimum absolute atomic E-state index is 0.0254. The molecule has 1 fully saturated rings. The first-order valence-electron chi connectivity index (χ1n) is 6.48. The van der Waals surface area contributed by atoms with Crippen molar-refractivity contribution in [3.63, 3.8) is 0 Å². The van der Waals surface area contributed by atoms with E-state index in [2.05, 4.69) is 20.9 Å². The minimum Gasteiger partial charge on any atom is -0.447 e. The van der Waals surface area contributed by atoms with Gasteiger partial charge in [-0.3, -0.25) is 0 Å². The molecule has 2 aromatic rings. The summed E-state index contributed by atoms with van der Waals surface area (Å²) >= 11 is 11.0. The van der Waals surface area contributed by atoms with Gasteiger partial charge in [0.25, 0.3) is 0 Å². The first-order valence-corrected chi connectivity index (χ1v) is 8.47. The fourth-order valence-corrected chi connectivity index (χ4v) is 3.68. The number of anilines is 1. The summed E-state index contributed by atoms with van der Waals surface area (Å²) in [7, 11) is 0. The van der Waals surface area contributed by atoms with Crippen LogP contribution in [0.3, 0.4) is 0 Å². The van der Waals surface area contributed by atoms with Gasteiger partial charge in [0.2, 0.25) is 0 Å². The Kier molecular flexibility index (Phi) is 4.19. The van der Waals surface area contributed by atoms with Crippen LogP contribution in [0.15, 0.2) is 28.7 Å². The summed E-state index contributed by atoms with van der Waals surface area (Å²) in [5.41, 5.74) is 1.62. The lowest BCUT2D eigenvalue weighted by molar-refractivity contribution is 0.178. The third-order valence-corrected chi connectivity index (χ3v) is 5.11. The highest BCUT2D eigenvalue weighted by Crippen LogP contribution is 2.39. The summed E-state index contributed by atoms with van der Waals surface area (Å²) in [6, 6.07) is 7.77. The van der Waals surface area contributed by atoms with Crippen LogP contribution in [0.4, 0.5) is 9.93 Å². The first-order chi connectivity index (χ1) is 10.1. The number of carbonyl (C=O) groups excluding carboxylic acids is 1. The summed E-state index contributed by atoms with van der Waals surface area (Å²) in [4.78, 5) is 18.0. The number of carbonyl (C=O) groups is 1. The predicted molar refractivity (Wildman–Crippen MR) is 88.2 cm³/mol. The van der Waals surface area contributed by atoms with E-state index in [1.807, 2.05) is 31.2 Å². The van der Waals surface area contributed by atoms with Crippen LogP contribution >= 0.6 is 38.9 Å². The van der Waals surface area contributed by atoms with Crippen molar-refractivity contribution in [1.82, 2.24) is 4.98 Å². The van der Waals surface area contributed by atoms with Crippen molar-refractivity contribution >= 4 is 50.1 Å². The van der Waals surface area contributed by atoms with Gasteiger partial charge in [-0.25, -0.2) is 14.7 Å². The Hall–Kier alpha value is -1.11. The van der Waals surface area contributed by atoms with E-state index in [1.165, 1.54) is 11.3 Å². The lowest BCUT2D eigenvalue weighted by Gasteiger charge is -2.16. The van der Waals surface area contributed by atoms with Crippen molar-refractivity contribution in [2.75, 3.05) is 11.5 Å². The molecule has 1 atom stereocenters. The summed E-state index contributed by atoms with van der Waals surface area (Å²) in [6.45, 7) is 2.42. The van der Waals surface area contributed by atoms with E-state index in [0.29, 0.717) is 21.8 Å². The van der Waals surface area contributed by atoms with Gasteiger partial charge in [-0.1, -0.05) is 57.9 Å². The highest BCUT2D eigenvalue weighted by molar-refractivity contribution is 9.10. The van der Waals surface area contributed by atoms with Gasteiger partial charge in [0, 0.05) is 10.0 Å². The molecule has 110 valence electrons. The normalized spacial score (nSPS) is 18.1. The average Bonchev–Trinajstić information content (AvgIpc) is 3.02. The van der Waals surface area contributed by atoms with E-state index in [4.69, 9.17) is 16.3 Å². The molecule has 0 saturated carbocycles. The number of hydrogen-bond acceptors (Lipinski definition) is 4. The van der Waals surface area contributed by atoms with Crippen molar-refractivity contribution in [3.8, 4) is 11.3 Å².